The summed E-state index contributed by atoms with van der Waals surface area (Å²) in [5.41, 5.74) is 2.03. The number of aliphatic hydroxyl groups excluding tert-OH is 1. The zero-order valence-corrected chi connectivity index (χ0v) is 15.1. The van der Waals surface area contributed by atoms with Gasteiger partial charge in [0.05, 0.1) is 25.5 Å². The third-order valence-corrected chi connectivity index (χ3v) is 4.98. The van der Waals surface area contributed by atoms with Gasteiger partial charge in [-0.05, 0) is 55.9 Å². The van der Waals surface area contributed by atoms with E-state index in [2.05, 4.69) is 15.3 Å². The van der Waals surface area contributed by atoms with E-state index in [0.717, 1.165) is 16.8 Å². The van der Waals surface area contributed by atoms with Gasteiger partial charge < -0.3 is 20.1 Å². The summed E-state index contributed by atoms with van der Waals surface area (Å²) in [6.45, 7) is 3.63. The summed E-state index contributed by atoms with van der Waals surface area (Å²) in [6.07, 6.45) is 4.08. The minimum Gasteiger partial charge on any atom is -0.495 e. The van der Waals surface area contributed by atoms with Gasteiger partial charge in [0.25, 0.3) is 11.5 Å². The summed E-state index contributed by atoms with van der Waals surface area (Å²) in [5, 5.41) is 12.6. The van der Waals surface area contributed by atoms with E-state index in [1.54, 1.807) is 32.5 Å². The summed E-state index contributed by atoms with van der Waals surface area (Å²) in [7, 11) is 1.55. The van der Waals surface area contributed by atoms with Crippen molar-refractivity contribution in [2.75, 3.05) is 7.11 Å². The fraction of sp³-hybridized carbons (Fsp3) is 0.421. The number of aromatic nitrogens is 2. The lowest BCUT2D eigenvalue weighted by atomic mass is 9.75. The molecule has 0 bridgehead atoms. The maximum atomic E-state index is 12.7. The SMILES string of the molecule is COc1cncc([C@@H](NC(=O)c2cc(C)c(C)[nH]c2=O)C2CC(O)C2)c1. The lowest BCUT2D eigenvalue weighted by Crippen LogP contribution is -2.42. The number of aromatic amines is 1. The van der Waals surface area contributed by atoms with E-state index in [9.17, 15) is 14.7 Å². The van der Waals surface area contributed by atoms with E-state index in [0.29, 0.717) is 18.6 Å². The molecule has 2 heterocycles. The van der Waals surface area contributed by atoms with Gasteiger partial charge in [-0.3, -0.25) is 14.6 Å². The Morgan fingerprint density at radius 1 is 1.35 bits per heavy atom. The highest BCUT2D eigenvalue weighted by molar-refractivity contribution is 5.94. The molecule has 1 saturated carbocycles. The molecule has 0 aromatic carbocycles. The monoisotopic (exact) mass is 357 g/mol. The number of aryl methyl sites for hydroxylation is 2. The molecular formula is C19H23N3O4. The van der Waals surface area contributed by atoms with Crippen molar-refractivity contribution in [1.29, 1.82) is 0 Å². The summed E-state index contributed by atoms with van der Waals surface area (Å²) in [5.74, 6) is 0.225. The van der Waals surface area contributed by atoms with Crippen LogP contribution in [0.5, 0.6) is 5.75 Å². The maximum Gasteiger partial charge on any atom is 0.261 e. The minimum absolute atomic E-state index is 0.0773. The van der Waals surface area contributed by atoms with Gasteiger partial charge in [-0.1, -0.05) is 0 Å². The number of hydrogen-bond donors (Lipinski definition) is 3. The number of H-pyrrole nitrogens is 1. The van der Waals surface area contributed by atoms with Crippen LogP contribution in [-0.2, 0) is 0 Å². The average Bonchev–Trinajstić information content (AvgIpc) is 2.60. The molecule has 3 rings (SSSR count). The first-order valence-corrected chi connectivity index (χ1v) is 8.57. The predicted octanol–water partition coefficient (Wildman–Crippen LogP) is 1.64. The van der Waals surface area contributed by atoms with Gasteiger partial charge in [0, 0.05) is 11.9 Å². The van der Waals surface area contributed by atoms with Crippen LogP contribution in [0.15, 0.2) is 29.3 Å². The van der Waals surface area contributed by atoms with Crippen molar-refractivity contribution in [3.63, 3.8) is 0 Å². The second-order valence-corrected chi connectivity index (χ2v) is 6.81. The third-order valence-electron chi connectivity index (χ3n) is 4.98. The number of nitrogens with zero attached hydrogens (tertiary/aromatic N) is 1. The Balaban J connectivity index is 1.89. The van der Waals surface area contributed by atoms with Gasteiger partial charge in [0.2, 0.25) is 0 Å². The Labute approximate surface area is 151 Å². The topological polar surface area (TPSA) is 104 Å². The molecule has 1 amide bonds. The lowest BCUT2D eigenvalue weighted by molar-refractivity contribution is 0.0234. The van der Waals surface area contributed by atoms with Crippen molar-refractivity contribution in [1.82, 2.24) is 15.3 Å². The standard InChI is InChI=1S/C19H23N3O4/c1-10-4-16(18(24)21-11(10)2)19(25)22-17(12-5-14(23)6-12)13-7-15(26-3)9-20-8-13/h4,7-9,12,14,17,23H,5-6H2,1-3H3,(H,21,24)(H,22,25)/t12?,14?,17-/m0/s1. The number of carbonyl (C=O) groups excluding carboxylic acids is 1. The number of aliphatic hydroxyl groups is 1. The van der Waals surface area contributed by atoms with Crippen molar-refractivity contribution < 1.29 is 14.6 Å². The molecule has 7 heteroatoms. The van der Waals surface area contributed by atoms with Crippen molar-refractivity contribution in [2.45, 2.75) is 38.8 Å². The van der Waals surface area contributed by atoms with Crippen LogP contribution >= 0.6 is 0 Å². The van der Waals surface area contributed by atoms with Gasteiger partial charge >= 0.3 is 0 Å². The summed E-state index contributed by atoms with van der Waals surface area (Å²) < 4.78 is 5.22. The summed E-state index contributed by atoms with van der Waals surface area (Å²) in [4.78, 5) is 31.8. The average molecular weight is 357 g/mol. The molecule has 0 saturated heterocycles. The second-order valence-electron chi connectivity index (χ2n) is 6.81. The van der Waals surface area contributed by atoms with Crippen molar-refractivity contribution >= 4 is 5.91 Å². The largest absolute Gasteiger partial charge is 0.495 e. The van der Waals surface area contributed by atoms with E-state index in [-0.39, 0.29) is 23.6 Å². The van der Waals surface area contributed by atoms with E-state index < -0.39 is 11.5 Å². The molecule has 2 aromatic heterocycles. The molecule has 1 fully saturated rings. The Hall–Kier alpha value is -2.67. The smallest absolute Gasteiger partial charge is 0.261 e. The van der Waals surface area contributed by atoms with Crippen molar-refractivity contribution in [3.8, 4) is 5.75 Å². The number of pyridine rings is 2. The van der Waals surface area contributed by atoms with Gasteiger partial charge in [-0.15, -0.1) is 0 Å². The van der Waals surface area contributed by atoms with Gasteiger partial charge in [-0.2, -0.15) is 0 Å². The number of amides is 1. The lowest BCUT2D eigenvalue weighted by Gasteiger charge is -2.38. The molecule has 0 aliphatic heterocycles. The second kappa shape index (κ2) is 7.29. The van der Waals surface area contributed by atoms with E-state index >= 15 is 0 Å². The van der Waals surface area contributed by atoms with Crippen LogP contribution < -0.4 is 15.6 Å². The zero-order valence-electron chi connectivity index (χ0n) is 15.1. The molecule has 2 aromatic rings. The normalized spacial score (nSPS) is 20.2. The molecule has 26 heavy (non-hydrogen) atoms. The Kier molecular flexibility index (Phi) is 5.08. The maximum absolute atomic E-state index is 12.7. The molecule has 0 unspecified atom stereocenters. The van der Waals surface area contributed by atoms with E-state index in [1.165, 1.54) is 0 Å². The molecule has 1 aliphatic carbocycles. The number of carbonyl (C=O) groups is 1. The van der Waals surface area contributed by atoms with Crippen LogP contribution in [0.25, 0.3) is 0 Å². The summed E-state index contributed by atoms with van der Waals surface area (Å²) in [6, 6.07) is 3.06. The van der Waals surface area contributed by atoms with Crippen LogP contribution in [0.4, 0.5) is 0 Å². The Morgan fingerprint density at radius 3 is 2.73 bits per heavy atom. The first kappa shape index (κ1) is 18.1. The number of hydrogen-bond acceptors (Lipinski definition) is 5. The van der Waals surface area contributed by atoms with Crippen LogP contribution in [0.2, 0.25) is 0 Å². The van der Waals surface area contributed by atoms with Crippen LogP contribution in [-0.4, -0.2) is 34.2 Å². The Morgan fingerprint density at radius 2 is 2.08 bits per heavy atom. The van der Waals surface area contributed by atoms with Gasteiger partial charge in [-0.25, -0.2) is 0 Å². The Bertz CT molecular complexity index is 871. The predicted molar refractivity (Wildman–Crippen MR) is 96.3 cm³/mol. The van der Waals surface area contributed by atoms with E-state index in [4.69, 9.17) is 4.74 Å². The molecule has 3 N–H and O–H groups in total. The number of methoxy groups -OCH3 is 1. The van der Waals surface area contributed by atoms with Gasteiger partial charge in [0.15, 0.2) is 0 Å². The summed E-state index contributed by atoms with van der Waals surface area (Å²) >= 11 is 0. The highest BCUT2D eigenvalue weighted by Gasteiger charge is 2.36. The first-order valence-electron chi connectivity index (χ1n) is 8.57. The molecule has 7 nitrogen and oxygen atoms in total. The van der Waals surface area contributed by atoms with Crippen LogP contribution in [0, 0.1) is 19.8 Å². The molecule has 1 atom stereocenters. The number of ether oxygens (including phenoxy) is 1. The fourth-order valence-electron chi connectivity index (χ4n) is 3.21. The molecular weight excluding hydrogens is 334 g/mol. The highest BCUT2D eigenvalue weighted by Crippen LogP contribution is 2.38. The van der Waals surface area contributed by atoms with E-state index in [1.807, 2.05) is 13.0 Å². The highest BCUT2D eigenvalue weighted by atomic mass is 16.5. The fourth-order valence-corrected chi connectivity index (χ4v) is 3.21. The molecule has 138 valence electrons. The van der Waals surface area contributed by atoms with Crippen LogP contribution in [0.1, 0.15) is 46.1 Å². The van der Waals surface area contributed by atoms with Crippen molar-refractivity contribution in [3.05, 3.63) is 57.3 Å². The number of rotatable bonds is 5. The van der Waals surface area contributed by atoms with Crippen molar-refractivity contribution in [2.24, 2.45) is 5.92 Å². The van der Waals surface area contributed by atoms with Gasteiger partial charge in [0.1, 0.15) is 11.3 Å². The first-order chi connectivity index (χ1) is 12.4. The zero-order chi connectivity index (χ0) is 18.8. The molecule has 0 spiro atoms. The quantitative estimate of drug-likeness (QED) is 0.755. The van der Waals surface area contributed by atoms with Crippen LogP contribution in [0.3, 0.4) is 0 Å². The minimum atomic E-state index is -0.441. The molecule has 1 aliphatic rings. The molecule has 0 radical (unpaired) electrons. The number of nitrogens with one attached hydrogen (secondary N) is 2. The third kappa shape index (κ3) is 3.62.